The van der Waals surface area contributed by atoms with Crippen molar-refractivity contribution < 1.29 is 4.79 Å². The second-order valence-electron chi connectivity index (χ2n) is 6.52. The van der Waals surface area contributed by atoms with Crippen molar-refractivity contribution >= 4 is 11.6 Å². The van der Waals surface area contributed by atoms with E-state index in [9.17, 15) is 4.79 Å². The number of nitrogens with zero attached hydrogens (tertiary/aromatic N) is 2. The van der Waals surface area contributed by atoms with E-state index in [2.05, 4.69) is 47.2 Å². The summed E-state index contributed by atoms with van der Waals surface area (Å²) in [7, 11) is 0. The SMILES string of the molecule is Cc1cccc(N2CCN(CCC(=O)NC(C)C)CC2)c1C. The first-order valence-corrected chi connectivity index (χ1v) is 8.30. The van der Waals surface area contributed by atoms with Crippen molar-refractivity contribution in [1.82, 2.24) is 10.2 Å². The molecular formula is C18H29N3O. The normalized spacial score (nSPS) is 16.1. The molecule has 0 atom stereocenters. The van der Waals surface area contributed by atoms with Gasteiger partial charge in [-0.3, -0.25) is 9.69 Å². The van der Waals surface area contributed by atoms with Crippen LogP contribution in [0.2, 0.25) is 0 Å². The lowest BCUT2D eigenvalue weighted by molar-refractivity contribution is -0.121. The quantitative estimate of drug-likeness (QED) is 0.907. The summed E-state index contributed by atoms with van der Waals surface area (Å²) < 4.78 is 0. The molecule has 1 aromatic carbocycles. The second kappa shape index (κ2) is 7.63. The fourth-order valence-corrected chi connectivity index (χ4v) is 2.94. The van der Waals surface area contributed by atoms with Gasteiger partial charge in [0.1, 0.15) is 0 Å². The molecule has 1 amide bonds. The molecule has 22 heavy (non-hydrogen) atoms. The molecule has 0 bridgehead atoms. The van der Waals surface area contributed by atoms with Crippen molar-refractivity contribution in [2.75, 3.05) is 37.6 Å². The van der Waals surface area contributed by atoms with Gasteiger partial charge in [-0.15, -0.1) is 0 Å². The summed E-state index contributed by atoms with van der Waals surface area (Å²) in [5, 5.41) is 2.95. The zero-order chi connectivity index (χ0) is 16.1. The van der Waals surface area contributed by atoms with E-state index in [1.165, 1.54) is 16.8 Å². The van der Waals surface area contributed by atoms with Crippen LogP contribution in [0.3, 0.4) is 0 Å². The molecule has 0 aliphatic carbocycles. The molecule has 0 saturated carbocycles. The average molecular weight is 303 g/mol. The highest BCUT2D eigenvalue weighted by Crippen LogP contribution is 2.23. The van der Waals surface area contributed by atoms with Gasteiger partial charge in [-0.2, -0.15) is 0 Å². The molecule has 2 rings (SSSR count). The van der Waals surface area contributed by atoms with Gasteiger partial charge in [-0.05, 0) is 44.9 Å². The molecule has 4 heteroatoms. The highest BCUT2D eigenvalue weighted by Gasteiger charge is 2.19. The predicted octanol–water partition coefficient (Wildman–Crippen LogP) is 2.34. The van der Waals surface area contributed by atoms with E-state index in [0.29, 0.717) is 6.42 Å². The molecule has 0 aromatic heterocycles. The number of benzene rings is 1. The van der Waals surface area contributed by atoms with Gasteiger partial charge in [-0.25, -0.2) is 0 Å². The third-order valence-corrected chi connectivity index (χ3v) is 4.39. The van der Waals surface area contributed by atoms with Crippen LogP contribution in [-0.4, -0.2) is 49.6 Å². The van der Waals surface area contributed by atoms with E-state index in [-0.39, 0.29) is 11.9 Å². The van der Waals surface area contributed by atoms with Gasteiger partial charge in [0.05, 0.1) is 0 Å². The molecule has 1 saturated heterocycles. The van der Waals surface area contributed by atoms with Crippen molar-refractivity contribution in [3.8, 4) is 0 Å². The second-order valence-corrected chi connectivity index (χ2v) is 6.52. The molecule has 0 spiro atoms. The molecule has 1 N–H and O–H groups in total. The predicted molar refractivity (Wildman–Crippen MR) is 92.5 cm³/mol. The van der Waals surface area contributed by atoms with Crippen LogP contribution in [0, 0.1) is 13.8 Å². The first-order chi connectivity index (χ1) is 10.5. The fourth-order valence-electron chi connectivity index (χ4n) is 2.94. The highest BCUT2D eigenvalue weighted by molar-refractivity contribution is 5.76. The number of rotatable bonds is 5. The fraction of sp³-hybridized carbons (Fsp3) is 0.611. The molecule has 0 unspecified atom stereocenters. The van der Waals surface area contributed by atoms with Gasteiger partial charge in [0, 0.05) is 50.9 Å². The topological polar surface area (TPSA) is 35.6 Å². The highest BCUT2D eigenvalue weighted by atomic mass is 16.1. The van der Waals surface area contributed by atoms with E-state index in [1.54, 1.807) is 0 Å². The maximum absolute atomic E-state index is 11.7. The number of piperazine rings is 1. The summed E-state index contributed by atoms with van der Waals surface area (Å²) in [4.78, 5) is 16.6. The molecule has 4 nitrogen and oxygen atoms in total. The van der Waals surface area contributed by atoms with Crippen LogP contribution in [0.5, 0.6) is 0 Å². The van der Waals surface area contributed by atoms with E-state index in [0.717, 1.165) is 32.7 Å². The van der Waals surface area contributed by atoms with Crippen molar-refractivity contribution in [1.29, 1.82) is 0 Å². The Kier molecular flexibility index (Phi) is 5.83. The molecule has 1 aliphatic heterocycles. The van der Waals surface area contributed by atoms with Gasteiger partial charge >= 0.3 is 0 Å². The molecule has 1 aromatic rings. The van der Waals surface area contributed by atoms with E-state index in [4.69, 9.17) is 0 Å². The Morgan fingerprint density at radius 3 is 2.50 bits per heavy atom. The number of hydrogen-bond acceptors (Lipinski definition) is 3. The van der Waals surface area contributed by atoms with Gasteiger partial charge in [0.2, 0.25) is 5.91 Å². The lowest BCUT2D eigenvalue weighted by Gasteiger charge is -2.37. The summed E-state index contributed by atoms with van der Waals surface area (Å²) in [6.45, 7) is 13.4. The third kappa shape index (κ3) is 4.47. The first-order valence-electron chi connectivity index (χ1n) is 8.30. The Labute approximate surface area is 134 Å². The molecule has 1 aliphatic rings. The van der Waals surface area contributed by atoms with Crippen LogP contribution < -0.4 is 10.2 Å². The Bertz CT molecular complexity index is 505. The van der Waals surface area contributed by atoms with Crippen molar-refractivity contribution in [2.45, 2.75) is 40.2 Å². The van der Waals surface area contributed by atoms with Crippen LogP contribution in [0.15, 0.2) is 18.2 Å². The average Bonchev–Trinajstić information content (AvgIpc) is 2.48. The molecule has 1 heterocycles. The van der Waals surface area contributed by atoms with E-state index in [1.807, 2.05) is 13.8 Å². The number of amides is 1. The Balaban J connectivity index is 1.81. The number of carbonyl (C=O) groups is 1. The Hall–Kier alpha value is -1.55. The minimum Gasteiger partial charge on any atom is -0.369 e. The molecule has 0 radical (unpaired) electrons. The van der Waals surface area contributed by atoms with Gasteiger partial charge < -0.3 is 10.2 Å². The number of hydrogen-bond donors (Lipinski definition) is 1. The van der Waals surface area contributed by atoms with E-state index >= 15 is 0 Å². The third-order valence-electron chi connectivity index (χ3n) is 4.39. The number of carbonyl (C=O) groups excluding carboxylic acids is 1. The number of nitrogens with one attached hydrogen (secondary N) is 1. The summed E-state index contributed by atoms with van der Waals surface area (Å²) in [5.74, 6) is 0.159. The minimum atomic E-state index is 0.159. The van der Waals surface area contributed by atoms with Gasteiger partial charge in [0.25, 0.3) is 0 Å². The summed E-state index contributed by atoms with van der Waals surface area (Å²) in [5.41, 5.74) is 4.09. The maximum atomic E-state index is 11.7. The number of aryl methyl sites for hydroxylation is 1. The maximum Gasteiger partial charge on any atom is 0.221 e. The lowest BCUT2D eigenvalue weighted by Crippen LogP contribution is -2.47. The zero-order valence-electron chi connectivity index (χ0n) is 14.4. The molecule has 1 fully saturated rings. The van der Waals surface area contributed by atoms with Crippen molar-refractivity contribution in [3.05, 3.63) is 29.3 Å². The largest absolute Gasteiger partial charge is 0.369 e. The molecular weight excluding hydrogens is 274 g/mol. The number of anilines is 1. The monoisotopic (exact) mass is 303 g/mol. The standard InChI is InChI=1S/C18H29N3O/c1-14(2)19-18(22)8-9-20-10-12-21(13-11-20)17-7-5-6-15(3)16(17)4/h5-7,14H,8-13H2,1-4H3,(H,19,22). The van der Waals surface area contributed by atoms with Crippen LogP contribution >= 0.6 is 0 Å². The smallest absolute Gasteiger partial charge is 0.221 e. The van der Waals surface area contributed by atoms with Crippen molar-refractivity contribution in [3.63, 3.8) is 0 Å². The first kappa shape index (κ1) is 16.8. The Morgan fingerprint density at radius 2 is 1.86 bits per heavy atom. The lowest BCUT2D eigenvalue weighted by atomic mass is 10.1. The molecule has 122 valence electrons. The Morgan fingerprint density at radius 1 is 1.18 bits per heavy atom. The van der Waals surface area contributed by atoms with E-state index < -0.39 is 0 Å². The minimum absolute atomic E-state index is 0.159. The van der Waals surface area contributed by atoms with Crippen molar-refractivity contribution in [2.24, 2.45) is 0 Å². The van der Waals surface area contributed by atoms with Gasteiger partial charge in [0.15, 0.2) is 0 Å². The summed E-state index contributed by atoms with van der Waals surface area (Å²) in [6.07, 6.45) is 0.599. The van der Waals surface area contributed by atoms with Crippen LogP contribution in [0.1, 0.15) is 31.4 Å². The van der Waals surface area contributed by atoms with Gasteiger partial charge in [-0.1, -0.05) is 12.1 Å². The van der Waals surface area contributed by atoms with Crippen LogP contribution in [0.25, 0.3) is 0 Å². The zero-order valence-corrected chi connectivity index (χ0v) is 14.4. The summed E-state index contributed by atoms with van der Waals surface area (Å²) in [6, 6.07) is 6.75. The van der Waals surface area contributed by atoms with Crippen LogP contribution in [-0.2, 0) is 4.79 Å². The summed E-state index contributed by atoms with van der Waals surface area (Å²) >= 11 is 0. The van der Waals surface area contributed by atoms with Crippen LogP contribution in [0.4, 0.5) is 5.69 Å².